The van der Waals surface area contributed by atoms with Gasteiger partial charge in [-0.1, -0.05) is 6.07 Å². The Morgan fingerprint density at radius 3 is 2.79 bits per heavy atom. The van der Waals surface area contributed by atoms with Crippen molar-refractivity contribution in [2.75, 3.05) is 5.32 Å². The number of nitriles is 1. The Labute approximate surface area is 168 Å². The molecule has 3 heterocycles. The van der Waals surface area contributed by atoms with Crippen LogP contribution < -0.4 is 5.32 Å². The van der Waals surface area contributed by atoms with Gasteiger partial charge in [0.2, 0.25) is 0 Å². The molecule has 1 aromatic carbocycles. The van der Waals surface area contributed by atoms with E-state index in [-0.39, 0.29) is 0 Å². The Bertz CT molecular complexity index is 1250. The van der Waals surface area contributed by atoms with Crippen LogP contribution in [0.15, 0.2) is 55.0 Å². The van der Waals surface area contributed by atoms with Crippen LogP contribution in [0.4, 0.5) is 11.6 Å². The van der Waals surface area contributed by atoms with E-state index < -0.39 is 0 Å². The standard InChI is InChI=1S/C23H20N6/c1-2-29-14-26-19-6-5-17(11-21(19)29)20-10-18(16-3-4-16)12-23(27-20)28-22-9-15(13-24)7-8-25-22/h5-12,14,16H,2-4H2,1H3,(H,25,27,28). The van der Waals surface area contributed by atoms with Crippen LogP contribution in [-0.2, 0) is 6.54 Å². The normalized spacial score (nSPS) is 13.4. The predicted octanol–water partition coefficient (Wildman–Crippen LogP) is 5.01. The summed E-state index contributed by atoms with van der Waals surface area (Å²) in [7, 11) is 0. The molecule has 0 atom stereocenters. The van der Waals surface area contributed by atoms with Gasteiger partial charge in [-0.05, 0) is 67.6 Å². The Morgan fingerprint density at radius 2 is 2.00 bits per heavy atom. The molecule has 0 spiro atoms. The zero-order chi connectivity index (χ0) is 19.8. The van der Waals surface area contributed by atoms with Crippen molar-refractivity contribution in [2.45, 2.75) is 32.2 Å². The van der Waals surface area contributed by atoms with Crippen molar-refractivity contribution >= 4 is 22.7 Å². The zero-order valence-corrected chi connectivity index (χ0v) is 16.1. The molecule has 0 bridgehead atoms. The second-order valence-corrected chi connectivity index (χ2v) is 7.35. The van der Waals surface area contributed by atoms with Crippen LogP contribution in [0.2, 0.25) is 0 Å². The maximum atomic E-state index is 9.13. The molecule has 142 valence electrons. The summed E-state index contributed by atoms with van der Waals surface area (Å²) in [6.07, 6.45) is 5.94. The highest BCUT2D eigenvalue weighted by atomic mass is 15.1. The Kier molecular flexibility index (Phi) is 4.21. The van der Waals surface area contributed by atoms with Crippen molar-refractivity contribution in [3.05, 3.63) is 66.1 Å². The first kappa shape index (κ1) is 17.4. The highest BCUT2D eigenvalue weighted by Crippen LogP contribution is 2.42. The lowest BCUT2D eigenvalue weighted by Gasteiger charge is -2.11. The number of imidazole rings is 1. The maximum Gasteiger partial charge on any atom is 0.132 e. The van der Waals surface area contributed by atoms with Crippen molar-refractivity contribution < 1.29 is 0 Å². The Balaban J connectivity index is 1.57. The fourth-order valence-corrected chi connectivity index (χ4v) is 3.58. The third-order valence-electron chi connectivity index (χ3n) is 5.30. The average Bonchev–Trinajstić information content (AvgIpc) is 3.53. The Hall–Kier alpha value is -3.72. The summed E-state index contributed by atoms with van der Waals surface area (Å²) < 4.78 is 2.14. The molecule has 5 rings (SSSR count). The minimum absolute atomic E-state index is 0.569. The second-order valence-electron chi connectivity index (χ2n) is 7.35. The predicted molar refractivity (Wildman–Crippen MR) is 113 cm³/mol. The largest absolute Gasteiger partial charge is 0.331 e. The zero-order valence-electron chi connectivity index (χ0n) is 16.1. The number of hydrogen-bond acceptors (Lipinski definition) is 5. The van der Waals surface area contributed by atoms with Crippen LogP contribution in [0.3, 0.4) is 0 Å². The van der Waals surface area contributed by atoms with Crippen LogP contribution in [0, 0.1) is 11.3 Å². The molecule has 1 aliphatic carbocycles. The van der Waals surface area contributed by atoms with Crippen molar-refractivity contribution in [1.82, 2.24) is 19.5 Å². The fourth-order valence-electron chi connectivity index (χ4n) is 3.58. The monoisotopic (exact) mass is 380 g/mol. The molecule has 0 amide bonds. The summed E-state index contributed by atoms with van der Waals surface area (Å²) in [6.45, 7) is 2.99. The molecule has 0 unspecified atom stereocenters. The SMILES string of the molecule is CCn1cnc2ccc(-c3cc(C4CC4)cc(Nc4cc(C#N)ccn4)n3)cc21. The van der Waals surface area contributed by atoms with E-state index in [0.717, 1.165) is 34.7 Å². The van der Waals surface area contributed by atoms with Crippen LogP contribution in [-0.4, -0.2) is 19.5 Å². The Morgan fingerprint density at radius 1 is 1.10 bits per heavy atom. The highest BCUT2D eigenvalue weighted by molar-refractivity contribution is 5.82. The van der Waals surface area contributed by atoms with Gasteiger partial charge in [0.1, 0.15) is 11.6 Å². The second kappa shape index (κ2) is 7.02. The molecular formula is C23H20N6. The number of aryl methyl sites for hydroxylation is 1. The van der Waals surface area contributed by atoms with Crippen LogP contribution in [0.1, 0.15) is 36.8 Å². The molecule has 3 aromatic heterocycles. The fraction of sp³-hybridized carbons (Fsp3) is 0.217. The third-order valence-corrected chi connectivity index (χ3v) is 5.30. The van der Waals surface area contributed by atoms with E-state index in [0.29, 0.717) is 17.3 Å². The minimum Gasteiger partial charge on any atom is -0.331 e. The lowest BCUT2D eigenvalue weighted by molar-refractivity contribution is 0.787. The summed E-state index contributed by atoms with van der Waals surface area (Å²) >= 11 is 0. The number of aromatic nitrogens is 4. The summed E-state index contributed by atoms with van der Waals surface area (Å²) in [6, 6.07) is 16.1. The molecule has 0 saturated heterocycles. The molecule has 0 radical (unpaired) electrons. The van der Waals surface area contributed by atoms with Gasteiger partial charge in [-0.15, -0.1) is 0 Å². The first-order valence-corrected chi connectivity index (χ1v) is 9.84. The average molecular weight is 380 g/mol. The van der Waals surface area contributed by atoms with Gasteiger partial charge in [0, 0.05) is 18.3 Å². The van der Waals surface area contributed by atoms with E-state index in [4.69, 9.17) is 10.2 Å². The number of hydrogen-bond donors (Lipinski definition) is 1. The van der Waals surface area contributed by atoms with Gasteiger partial charge in [0.05, 0.1) is 34.7 Å². The topological polar surface area (TPSA) is 79.4 Å². The van der Waals surface area contributed by atoms with Crippen molar-refractivity contribution in [3.63, 3.8) is 0 Å². The number of anilines is 2. The third kappa shape index (κ3) is 3.43. The molecule has 4 aromatic rings. The van der Waals surface area contributed by atoms with E-state index in [2.05, 4.69) is 57.1 Å². The van der Waals surface area contributed by atoms with E-state index in [1.807, 2.05) is 12.4 Å². The van der Waals surface area contributed by atoms with Gasteiger partial charge in [-0.3, -0.25) is 0 Å². The van der Waals surface area contributed by atoms with Crippen molar-refractivity contribution in [2.24, 2.45) is 0 Å². The first-order chi connectivity index (χ1) is 14.2. The number of nitrogens with zero attached hydrogens (tertiary/aromatic N) is 5. The van der Waals surface area contributed by atoms with E-state index in [1.165, 1.54) is 18.4 Å². The highest BCUT2D eigenvalue weighted by Gasteiger charge is 2.25. The van der Waals surface area contributed by atoms with Crippen molar-refractivity contribution in [1.29, 1.82) is 5.26 Å². The molecule has 1 saturated carbocycles. The summed E-state index contributed by atoms with van der Waals surface area (Å²) in [5.74, 6) is 1.96. The molecular weight excluding hydrogens is 360 g/mol. The number of nitrogens with one attached hydrogen (secondary N) is 1. The maximum absolute atomic E-state index is 9.13. The number of benzene rings is 1. The molecule has 1 aliphatic rings. The van der Waals surface area contributed by atoms with Crippen LogP contribution in [0.25, 0.3) is 22.3 Å². The van der Waals surface area contributed by atoms with E-state index in [9.17, 15) is 0 Å². The van der Waals surface area contributed by atoms with Gasteiger partial charge in [0.25, 0.3) is 0 Å². The van der Waals surface area contributed by atoms with Gasteiger partial charge >= 0.3 is 0 Å². The summed E-state index contributed by atoms with van der Waals surface area (Å²) in [4.78, 5) is 13.6. The lowest BCUT2D eigenvalue weighted by Crippen LogP contribution is -1.99. The molecule has 29 heavy (non-hydrogen) atoms. The number of rotatable bonds is 5. The molecule has 0 aliphatic heterocycles. The molecule has 1 fully saturated rings. The smallest absolute Gasteiger partial charge is 0.132 e. The van der Waals surface area contributed by atoms with Gasteiger partial charge in [-0.2, -0.15) is 5.26 Å². The molecule has 6 heteroatoms. The van der Waals surface area contributed by atoms with Crippen LogP contribution >= 0.6 is 0 Å². The minimum atomic E-state index is 0.569. The van der Waals surface area contributed by atoms with Gasteiger partial charge < -0.3 is 9.88 Å². The van der Waals surface area contributed by atoms with Gasteiger partial charge in [0.15, 0.2) is 0 Å². The number of fused-ring (bicyclic) bond motifs is 1. The van der Waals surface area contributed by atoms with E-state index >= 15 is 0 Å². The quantitative estimate of drug-likeness (QED) is 0.527. The van der Waals surface area contributed by atoms with Gasteiger partial charge in [-0.25, -0.2) is 15.0 Å². The van der Waals surface area contributed by atoms with Crippen LogP contribution in [0.5, 0.6) is 0 Å². The molecule has 6 nitrogen and oxygen atoms in total. The lowest BCUT2D eigenvalue weighted by atomic mass is 10.1. The first-order valence-electron chi connectivity index (χ1n) is 9.84. The summed E-state index contributed by atoms with van der Waals surface area (Å²) in [5.41, 5.74) is 5.96. The molecule has 1 N–H and O–H groups in total. The van der Waals surface area contributed by atoms with Crippen molar-refractivity contribution in [3.8, 4) is 17.3 Å². The summed E-state index contributed by atoms with van der Waals surface area (Å²) in [5, 5.41) is 12.4. The number of pyridine rings is 2. The van der Waals surface area contributed by atoms with E-state index in [1.54, 1.807) is 18.3 Å².